The molecule has 0 aromatic rings. The minimum absolute atomic E-state index is 0.0246. The summed E-state index contributed by atoms with van der Waals surface area (Å²) in [6.07, 6.45) is 8.86. The third-order valence-corrected chi connectivity index (χ3v) is 3.39. The van der Waals surface area contributed by atoms with Crippen molar-refractivity contribution in [3.8, 4) is 0 Å². The van der Waals surface area contributed by atoms with Gasteiger partial charge in [-0.05, 0) is 44.9 Å². The molecule has 0 aromatic carbocycles. The molecule has 1 heterocycles. The van der Waals surface area contributed by atoms with Crippen molar-refractivity contribution in [2.75, 3.05) is 6.61 Å². The van der Waals surface area contributed by atoms with E-state index in [9.17, 15) is 4.79 Å². The van der Waals surface area contributed by atoms with Gasteiger partial charge in [0.05, 0.1) is 6.10 Å². The predicted molar refractivity (Wildman–Crippen MR) is 56.5 cm³/mol. The molecule has 2 aliphatic rings. The van der Waals surface area contributed by atoms with Crippen LogP contribution in [0.25, 0.3) is 0 Å². The molecule has 0 bridgehead atoms. The number of hydrogen-bond acceptors (Lipinski definition) is 3. The van der Waals surface area contributed by atoms with Gasteiger partial charge < -0.3 is 14.3 Å². The average molecular weight is 212 g/mol. The van der Waals surface area contributed by atoms with Crippen molar-refractivity contribution in [3.05, 3.63) is 0 Å². The predicted octanol–water partition coefficient (Wildman–Crippen LogP) is 2.29. The molecular weight excluding hydrogens is 192 g/mol. The number of rotatable bonds is 3. The van der Waals surface area contributed by atoms with Gasteiger partial charge in [-0.15, -0.1) is 0 Å². The van der Waals surface area contributed by atoms with Gasteiger partial charge in [0.15, 0.2) is 6.29 Å². The lowest BCUT2D eigenvalue weighted by Gasteiger charge is -2.31. The lowest BCUT2D eigenvalue weighted by Crippen LogP contribution is -2.30. The van der Waals surface area contributed by atoms with E-state index in [2.05, 4.69) is 0 Å². The van der Waals surface area contributed by atoms with Crippen LogP contribution in [-0.4, -0.2) is 25.3 Å². The highest BCUT2D eigenvalue weighted by atomic mass is 16.7. The number of ether oxygens (including phenoxy) is 2. The number of aldehydes is 1. The van der Waals surface area contributed by atoms with Gasteiger partial charge in [0, 0.05) is 12.5 Å². The van der Waals surface area contributed by atoms with Crippen LogP contribution in [0.3, 0.4) is 0 Å². The highest BCUT2D eigenvalue weighted by Crippen LogP contribution is 2.27. The maximum atomic E-state index is 10.6. The molecule has 1 aliphatic heterocycles. The molecule has 3 heteroatoms. The van der Waals surface area contributed by atoms with E-state index in [-0.39, 0.29) is 12.2 Å². The van der Waals surface area contributed by atoms with Crippen LogP contribution in [0, 0.1) is 5.92 Å². The maximum Gasteiger partial charge on any atom is 0.157 e. The Balaban J connectivity index is 1.69. The first-order valence-corrected chi connectivity index (χ1v) is 6.11. The Kier molecular flexibility index (Phi) is 4.15. The van der Waals surface area contributed by atoms with Gasteiger partial charge in [-0.3, -0.25) is 0 Å². The Labute approximate surface area is 91.1 Å². The van der Waals surface area contributed by atoms with Crippen LogP contribution in [0.15, 0.2) is 0 Å². The molecule has 0 radical (unpaired) electrons. The summed E-state index contributed by atoms with van der Waals surface area (Å²) in [5, 5.41) is 0. The van der Waals surface area contributed by atoms with Gasteiger partial charge in [-0.2, -0.15) is 0 Å². The Morgan fingerprint density at radius 1 is 1.07 bits per heavy atom. The second kappa shape index (κ2) is 5.61. The van der Waals surface area contributed by atoms with E-state index in [4.69, 9.17) is 9.47 Å². The number of carbonyl (C=O) groups excluding carboxylic acids is 1. The molecule has 0 spiro atoms. The minimum Gasteiger partial charge on any atom is -0.353 e. The lowest BCUT2D eigenvalue weighted by molar-refractivity contribution is -0.194. The molecular formula is C12H20O3. The van der Waals surface area contributed by atoms with Crippen molar-refractivity contribution in [2.45, 2.75) is 57.3 Å². The molecule has 86 valence electrons. The summed E-state index contributed by atoms with van der Waals surface area (Å²) in [4.78, 5) is 10.6. The summed E-state index contributed by atoms with van der Waals surface area (Å²) in [5.41, 5.74) is 0. The van der Waals surface area contributed by atoms with Crippen LogP contribution in [-0.2, 0) is 14.3 Å². The zero-order valence-corrected chi connectivity index (χ0v) is 9.19. The molecule has 1 aliphatic carbocycles. The van der Waals surface area contributed by atoms with Gasteiger partial charge in [0.1, 0.15) is 6.29 Å². The zero-order chi connectivity index (χ0) is 10.5. The zero-order valence-electron chi connectivity index (χ0n) is 9.19. The second-order valence-electron chi connectivity index (χ2n) is 4.61. The van der Waals surface area contributed by atoms with Gasteiger partial charge in [0.25, 0.3) is 0 Å². The first-order valence-electron chi connectivity index (χ1n) is 6.11. The highest BCUT2D eigenvalue weighted by Gasteiger charge is 2.25. The van der Waals surface area contributed by atoms with Crippen molar-refractivity contribution in [1.29, 1.82) is 0 Å². The van der Waals surface area contributed by atoms with Gasteiger partial charge in [-0.25, -0.2) is 0 Å². The van der Waals surface area contributed by atoms with E-state index >= 15 is 0 Å². The largest absolute Gasteiger partial charge is 0.353 e. The van der Waals surface area contributed by atoms with Crippen molar-refractivity contribution in [3.63, 3.8) is 0 Å². The van der Waals surface area contributed by atoms with Crippen molar-refractivity contribution < 1.29 is 14.3 Å². The van der Waals surface area contributed by atoms with Crippen molar-refractivity contribution >= 4 is 6.29 Å². The van der Waals surface area contributed by atoms with Crippen molar-refractivity contribution in [2.24, 2.45) is 5.92 Å². The van der Waals surface area contributed by atoms with E-state index in [1.165, 1.54) is 6.42 Å². The summed E-state index contributed by atoms with van der Waals surface area (Å²) in [6, 6.07) is 0. The van der Waals surface area contributed by atoms with E-state index in [1.54, 1.807) is 0 Å². The quantitative estimate of drug-likeness (QED) is 0.673. The van der Waals surface area contributed by atoms with E-state index in [1.807, 2.05) is 0 Å². The average Bonchev–Trinajstić information content (AvgIpc) is 2.31. The molecule has 2 rings (SSSR count). The maximum absolute atomic E-state index is 10.6. The molecule has 15 heavy (non-hydrogen) atoms. The number of carbonyl (C=O) groups is 1. The SMILES string of the molecule is O=CC1CCC(O[C@H]2CCCCO2)CC1. The first kappa shape index (κ1) is 11.1. The summed E-state index contributed by atoms with van der Waals surface area (Å²) in [6.45, 7) is 0.842. The molecule has 0 aromatic heterocycles. The number of hydrogen-bond donors (Lipinski definition) is 0. The Bertz CT molecular complexity index is 191. The van der Waals surface area contributed by atoms with Crippen LogP contribution < -0.4 is 0 Å². The van der Waals surface area contributed by atoms with Gasteiger partial charge in [-0.1, -0.05) is 0 Å². The third-order valence-electron chi connectivity index (χ3n) is 3.39. The molecule has 0 amide bonds. The van der Waals surface area contributed by atoms with Gasteiger partial charge >= 0.3 is 0 Å². The fourth-order valence-corrected chi connectivity index (χ4v) is 2.39. The Morgan fingerprint density at radius 3 is 2.47 bits per heavy atom. The van der Waals surface area contributed by atoms with Crippen molar-refractivity contribution in [1.82, 2.24) is 0 Å². The van der Waals surface area contributed by atoms with E-state index < -0.39 is 0 Å². The highest BCUT2D eigenvalue weighted by molar-refractivity contribution is 5.53. The summed E-state index contributed by atoms with van der Waals surface area (Å²) in [7, 11) is 0. The van der Waals surface area contributed by atoms with Crippen LogP contribution in [0.5, 0.6) is 0 Å². The fraction of sp³-hybridized carbons (Fsp3) is 0.917. The molecule has 1 atom stereocenters. The topological polar surface area (TPSA) is 35.5 Å². The standard InChI is InChI=1S/C12H20O3/c13-9-10-4-6-11(7-5-10)15-12-3-1-2-8-14-12/h9-12H,1-8H2/t10?,11?,12-/m0/s1. The smallest absolute Gasteiger partial charge is 0.157 e. The van der Waals surface area contributed by atoms with E-state index in [0.29, 0.717) is 6.10 Å². The minimum atomic E-state index is 0.0246. The molecule has 1 saturated heterocycles. The normalized spacial score (nSPS) is 37.5. The first-order chi connectivity index (χ1) is 7.38. The lowest BCUT2D eigenvalue weighted by atomic mass is 9.88. The van der Waals surface area contributed by atoms with Crippen LogP contribution in [0.1, 0.15) is 44.9 Å². The van der Waals surface area contributed by atoms with Crippen LogP contribution in [0.4, 0.5) is 0 Å². The molecule has 0 unspecified atom stereocenters. The summed E-state index contributed by atoms with van der Waals surface area (Å²) >= 11 is 0. The summed E-state index contributed by atoms with van der Waals surface area (Å²) in [5.74, 6) is 0.275. The fourth-order valence-electron chi connectivity index (χ4n) is 2.39. The third kappa shape index (κ3) is 3.28. The molecule has 3 nitrogen and oxygen atoms in total. The van der Waals surface area contributed by atoms with Gasteiger partial charge in [0.2, 0.25) is 0 Å². The Hall–Kier alpha value is -0.410. The summed E-state index contributed by atoms with van der Waals surface area (Å²) < 4.78 is 11.4. The van der Waals surface area contributed by atoms with Crippen LogP contribution >= 0.6 is 0 Å². The second-order valence-corrected chi connectivity index (χ2v) is 4.61. The molecule has 0 N–H and O–H groups in total. The molecule has 1 saturated carbocycles. The molecule has 2 fully saturated rings. The van der Waals surface area contributed by atoms with Crippen LogP contribution in [0.2, 0.25) is 0 Å². The Morgan fingerprint density at radius 2 is 1.87 bits per heavy atom. The van der Waals surface area contributed by atoms with E-state index in [0.717, 1.165) is 51.4 Å². The monoisotopic (exact) mass is 212 g/mol.